The minimum atomic E-state index is 0.0600. The standard InChI is InChI=1S/C17H21N3O/c1-17(11-18)9-10-20(12-17)16(21)15-8-7-14(19-15)13-5-3-2-4-6-13/h2-8,19H,9-12,18H2,1H3. The van der Waals surface area contributed by atoms with Crippen LogP contribution in [0.5, 0.6) is 0 Å². The largest absolute Gasteiger partial charge is 0.351 e. The summed E-state index contributed by atoms with van der Waals surface area (Å²) >= 11 is 0. The zero-order valence-corrected chi connectivity index (χ0v) is 12.3. The number of carbonyl (C=O) groups excluding carboxylic acids is 1. The third-order valence-electron chi connectivity index (χ3n) is 4.34. The molecule has 110 valence electrons. The highest BCUT2D eigenvalue weighted by atomic mass is 16.2. The highest BCUT2D eigenvalue weighted by Crippen LogP contribution is 2.29. The number of aromatic nitrogens is 1. The summed E-state index contributed by atoms with van der Waals surface area (Å²) in [6, 6.07) is 13.8. The molecule has 1 fully saturated rings. The van der Waals surface area contributed by atoms with Crippen LogP contribution in [0.4, 0.5) is 0 Å². The summed E-state index contributed by atoms with van der Waals surface area (Å²) in [5.41, 5.74) is 8.57. The second-order valence-corrected chi connectivity index (χ2v) is 6.14. The number of nitrogens with zero attached hydrogens (tertiary/aromatic N) is 1. The molecule has 0 spiro atoms. The van der Waals surface area contributed by atoms with E-state index in [1.807, 2.05) is 47.4 Å². The average molecular weight is 283 g/mol. The minimum absolute atomic E-state index is 0.0600. The van der Waals surface area contributed by atoms with Gasteiger partial charge in [-0.3, -0.25) is 4.79 Å². The smallest absolute Gasteiger partial charge is 0.270 e. The van der Waals surface area contributed by atoms with E-state index in [0.717, 1.165) is 30.8 Å². The number of rotatable bonds is 3. The van der Waals surface area contributed by atoms with Crippen LogP contribution >= 0.6 is 0 Å². The van der Waals surface area contributed by atoms with Crippen LogP contribution in [-0.4, -0.2) is 35.4 Å². The van der Waals surface area contributed by atoms with Gasteiger partial charge in [-0.25, -0.2) is 0 Å². The van der Waals surface area contributed by atoms with E-state index in [4.69, 9.17) is 5.73 Å². The van der Waals surface area contributed by atoms with Crippen LogP contribution < -0.4 is 5.73 Å². The predicted octanol–water partition coefficient (Wildman–Crippen LogP) is 2.49. The van der Waals surface area contributed by atoms with E-state index in [0.29, 0.717) is 12.2 Å². The Morgan fingerprint density at radius 3 is 2.71 bits per heavy atom. The van der Waals surface area contributed by atoms with Crippen molar-refractivity contribution in [1.29, 1.82) is 0 Å². The molecule has 1 saturated heterocycles. The molecule has 1 aliphatic rings. The van der Waals surface area contributed by atoms with Crippen molar-refractivity contribution >= 4 is 5.91 Å². The molecule has 3 N–H and O–H groups in total. The van der Waals surface area contributed by atoms with Crippen LogP contribution in [0.1, 0.15) is 23.8 Å². The fourth-order valence-corrected chi connectivity index (χ4v) is 2.84. The van der Waals surface area contributed by atoms with Crippen LogP contribution in [0.15, 0.2) is 42.5 Å². The van der Waals surface area contributed by atoms with Crippen molar-refractivity contribution in [3.63, 3.8) is 0 Å². The third kappa shape index (κ3) is 2.72. The van der Waals surface area contributed by atoms with Crippen LogP contribution in [0.2, 0.25) is 0 Å². The normalized spacial score (nSPS) is 21.7. The SMILES string of the molecule is CC1(CN)CCN(C(=O)c2ccc(-c3ccccc3)[nH]2)C1. The lowest BCUT2D eigenvalue weighted by Gasteiger charge is -2.22. The van der Waals surface area contributed by atoms with Gasteiger partial charge in [0.05, 0.1) is 0 Å². The number of hydrogen-bond donors (Lipinski definition) is 2. The first-order valence-corrected chi connectivity index (χ1v) is 7.35. The van der Waals surface area contributed by atoms with Gasteiger partial charge in [0.2, 0.25) is 0 Å². The molecule has 0 aliphatic carbocycles. The van der Waals surface area contributed by atoms with E-state index >= 15 is 0 Å². The maximum absolute atomic E-state index is 12.5. The Hall–Kier alpha value is -2.07. The molecule has 0 radical (unpaired) electrons. The lowest BCUT2D eigenvalue weighted by Crippen LogP contribution is -2.34. The Morgan fingerprint density at radius 1 is 1.29 bits per heavy atom. The van der Waals surface area contributed by atoms with Gasteiger partial charge in [-0.15, -0.1) is 0 Å². The van der Waals surface area contributed by atoms with Gasteiger partial charge in [0.15, 0.2) is 0 Å². The van der Waals surface area contributed by atoms with E-state index in [1.54, 1.807) is 0 Å². The Kier molecular flexibility index (Phi) is 3.55. The number of carbonyl (C=O) groups is 1. The molecular formula is C17H21N3O. The van der Waals surface area contributed by atoms with E-state index in [9.17, 15) is 4.79 Å². The number of hydrogen-bond acceptors (Lipinski definition) is 2. The summed E-state index contributed by atoms with van der Waals surface area (Å²) in [5, 5.41) is 0. The summed E-state index contributed by atoms with van der Waals surface area (Å²) in [6.07, 6.45) is 0.974. The topological polar surface area (TPSA) is 62.1 Å². The van der Waals surface area contributed by atoms with E-state index < -0.39 is 0 Å². The van der Waals surface area contributed by atoms with Gasteiger partial charge in [-0.05, 0) is 36.1 Å². The number of nitrogens with two attached hydrogens (primary N) is 1. The molecule has 3 rings (SSSR count). The van der Waals surface area contributed by atoms with Crippen molar-refractivity contribution in [3.05, 3.63) is 48.2 Å². The zero-order chi connectivity index (χ0) is 14.9. The summed E-state index contributed by atoms with van der Waals surface area (Å²) in [4.78, 5) is 17.7. The molecule has 1 atom stereocenters. The number of H-pyrrole nitrogens is 1. The van der Waals surface area contributed by atoms with Crippen LogP contribution in [0.3, 0.4) is 0 Å². The van der Waals surface area contributed by atoms with Crippen molar-refractivity contribution in [2.75, 3.05) is 19.6 Å². The molecular weight excluding hydrogens is 262 g/mol. The van der Waals surface area contributed by atoms with E-state index in [1.165, 1.54) is 0 Å². The second-order valence-electron chi connectivity index (χ2n) is 6.14. The third-order valence-corrected chi connectivity index (χ3v) is 4.34. The molecule has 4 nitrogen and oxygen atoms in total. The highest BCUT2D eigenvalue weighted by molar-refractivity contribution is 5.93. The van der Waals surface area contributed by atoms with Crippen molar-refractivity contribution < 1.29 is 4.79 Å². The van der Waals surface area contributed by atoms with Crippen molar-refractivity contribution in [3.8, 4) is 11.3 Å². The van der Waals surface area contributed by atoms with Gasteiger partial charge < -0.3 is 15.6 Å². The molecule has 2 aromatic rings. The average Bonchev–Trinajstić information content (AvgIpc) is 3.15. The van der Waals surface area contributed by atoms with E-state index in [-0.39, 0.29) is 11.3 Å². The molecule has 1 amide bonds. The van der Waals surface area contributed by atoms with Gasteiger partial charge in [-0.1, -0.05) is 37.3 Å². The van der Waals surface area contributed by atoms with Crippen LogP contribution in [0.25, 0.3) is 11.3 Å². The predicted molar refractivity (Wildman–Crippen MR) is 83.9 cm³/mol. The summed E-state index contributed by atoms with van der Waals surface area (Å²) < 4.78 is 0. The number of aromatic amines is 1. The monoisotopic (exact) mass is 283 g/mol. The maximum Gasteiger partial charge on any atom is 0.270 e. The molecule has 0 saturated carbocycles. The summed E-state index contributed by atoms with van der Waals surface area (Å²) in [7, 11) is 0. The first-order valence-electron chi connectivity index (χ1n) is 7.35. The first kappa shape index (κ1) is 13.9. The van der Waals surface area contributed by atoms with Crippen LogP contribution in [-0.2, 0) is 0 Å². The fourth-order valence-electron chi connectivity index (χ4n) is 2.84. The van der Waals surface area contributed by atoms with Crippen molar-refractivity contribution in [1.82, 2.24) is 9.88 Å². The molecule has 4 heteroatoms. The minimum Gasteiger partial charge on any atom is -0.351 e. The first-order chi connectivity index (χ1) is 10.1. The molecule has 1 unspecified atom stereocenters. The quantitative estimate of drug-likeness (QED) is 0.909. The maximum atomic E-state index is 12.5. The molecule has 21 heavy (non-hydrogen) atoms. The van der Waals surface area contributed by atoms with Crippen LogP contribution in [0, 0.1) is 5.41 Å². The van der Waals surface area contributed by atoms with Gasteiger partial charge >= 0.3 is 0 Å². The fraction of sp³-hybridized carbons (Fsp3) is 0.353. The number of benzene rings is 1. The Labute approximate surface area is 125 Å². The molecule has 2 heterocycles. The van der Waals surface area contributed by atoms with Crippen molar-refractivity contribution in [2.45, 2.75) is 13.3 Å². The highest BCUT2D eigenvalue weighted by Gasteiger charge is 2.35. The molecule has 1 aromatic heterocycles. The van der Waals surface area contributed by atoms with Gasteiger partial charge in [0.25, 0.3) is 5.91 Å². The number of likely N-dealkylation sites (tertiary alicyclic amines) is 1. The lowest BCUT2D eigenvalue weighted by molar-refractivity contribution is 0.0772. The van der Waals surface area contributed by atoms with Gasteiger partial charge in [0.1, 0.15) is 5.69 Å². The summed E-state index contributed by atoms with van der Waals surface area (Å²) in [5.74, 6) is 0.0642. The Balaban J connectivity index is 1.77. The number of amides is 1. The van der Waals surface area contributed by atoms with Gasteiger partial charge in [0, 0.05) is 18.8 Å². The number of nitrogens with one attached hydrogen (secondary N) is 1. The van der Waals surface area contributed by atoms with Gasteiger partial charge in [-0.2, -0.15) is 0 Å². The lowest BCUT2D eigenvalue weighted by atomic mass is 9.90. The summed E-state index contributed by atoms with van der Waals surface area (Å²) in [6.45, 7) is 4.29. The molecule has 1 aliphatic heterocycles. The zero-order valence-electron chi connectivity index (χ0n) is 12.3. The molecule has 1 aromatic carbocycles. The van der Waals surface area contributed by atoms with Crippen molar-refractivity contribution in [2.24, 2.45) is 11.1 Å². The van der Waals surface area contributed by atoms with E-state index in [2.05, 4.69) is 11.9 Å². The Morgan fingerprint density at radius 2 is 2.05 bits per heavy atom. The Bertz CT molecular complexity index is 634. The molecule has 0 bridgehead atoms. The second kappa shape index (κ2) is 5.37.